The van der Waals surface area contributed by atoms with Crippen LogP contribution in [0.25, 0.3) is 0 Å². The Morgan fingerprint density at radius 2 is 2.09 bits per heavy atom. The van der Waals surface area contributed by atoms with Crippen molar-refractivity contribution in [2.45, 2.75) is 20.0 Å². The number of piperazine rings is 1. The van der Waals surface area contributed by atoms with Crippen LogP contribution in [-0.2, 0) is 4.79 Å². The summed E-state index contributed by atoms with van der Waals surface area (Å²) in [7, 11) is 0. The lowest BCUT2D eigenvalue weighted by atomic mass is 10.2. The quantitative estimate of drug-likeness (QED) is 0.797. The minimum absolute atomic E-state index is 0.0471. The Morgan fingerprint density at radius 1 is 1.41 bits per heavy atom. The van der Waals surface area contributed by atoms with Crippen LogP contribution in [0.15, 0.2) is 18.2 Å². The van der Waals surface area contributed by atoms with E-state index in [9.17, 15) is 4.79 Å². The molecule has 118 valence electrons. The van der Waals surface area contributed by atoms with Gasteiger partial charge in [0.2, 0.25) is 0 Å². The van der Waals surface area contributed by atoms with Gasteiger partial charge in [-0.25, -0.2) is 0 Å². The first-order valence-electron chi connectivity index (χ1n) is 7.32. The second kappa shape index (κ2) is 7.48. The van der Waals surface area contributed by atoms with Crippen LogP contribution in [0.4, 0.5) is 0 Å². The van der Waals surface area contributed by atoms with Crippen molar-refractivity contribution in [1.29, 1.82) is 5.26 Å². The number of aryl methyl sites for hydroxylation is 1. The molecule has 5 nitrogen and oxygen atoms in total. The summed E-state index contributed by atoms with van der Waals surface area (Å²) in [6.45, 7) is 6.78. The second-order valence-electron chi connectivity index (χ2n) is 5.45. The van der Waals surface area contributed by atoms with E-state index in [2.05, 4.69) is 6.07 Å². The van der Waals surface area contributed by atoms with Gasteiger partial charge < -0.3 is 9.64 Å². The molecule has 1 amide bonds. The van der Waals surface area contributed by atoms with Crippen LogP contribution in [0.2, 0.25) is 5.02 Å². The molecule has 0 aromatic heterocycles. The van der Waals surface area contributed by atoms with Gasteiger partial charge in [-0.15, -0.1) is 0 Å². The van der Waals surface area contributed by atoms with Gasteiger partial charge in [0.05, 0.1) is 17.6 Å². The fraction of sp³-hybridized carbons (Fsp3) is 0.500. The van der Waals surface area contributed by atoms with Crippen LogP contribution in [0.5, 0.6) is 5.75 Å². The molecule has 1 heterocycles. The first-order chi connectivity index (χ1) is 10.5. The van der Waals surface area contributed by atoms with Crippen molar-refractivity contribution in [2.24, 2.45) is 0 Å². The number of benzene rings is 1. The van der Waals surface area contributed by atoms with Crippen molar-refractivity contribution in [3.05, 3.63) is 28.8 Å². The highest BCUT2D eigenvalue weighted by Gasteiger charge is 2.26. The maximum absolute atomic E-state index is 12.4. The molecule has 1 aromatic rings. The number of amides is 1. The smallest absolute Gasteiger partial charge is 0.263 e. The number of rotatable bonds is 4. The van der Waals surface area contributed by atoms with Crippen LogP contribution in [0, 0.1) is 18.3 Å². The van der Waals surface area contributed by atoms with Crippen molar-refractivity contribution >= 4 is 17.5 Å². The van der Waals surface area contributed by atoms with E-state index >= 15 is 0 Å². The van der Waals surface area contributed by atoms with Gasteiger partial charge in [0.25, 0.3) is 5.91 Å². The van der Waals surface area contributed by atoms with Crippen LogP contribution in [0.1, 0.15) is 12.5 Å². The van der Waals surface area contributed by atoms with E-state index in [1.807, 2.05) is 24.0 Å². The Kier molecular flexibility index (Phi) is 5.64. The summed E-state index contributed by atoms with van der Waals surface area (Å²) < 4.78 is 5.73. The molecular weight excluding hydrogens is 302 g/mol. The van der Waals surface area contributed by atoms with Crippen LogP contribution >= 0.6 is 11.6 Å². The summed E-state index contributed by atoms with van der Waals surface area (Å²) in [6.07, 6.45) is -0.582. The third-order valence-corrected chi connectivity index (χ3v) is 4.03. The van der Waals surface area contributed by atoms with Gasteiger partial charge in [-0.3, -0.25) is 9.69 Å². The highest BCUT2D eigenvalue weighted by atomic mass is 35.5. The van der Waals surface area contributed by atoms with Crippen LogP contribution in [0.3, 0.4) is 0 Å². The molecule has 22 heavy (non-hydrogen) atoms. The number of hydrogen-bond donors (Lipinski definition) is 0. The second-order valence-corrected chi connectivity index (χ2v) is 5.86. The molecule has 1 fully saturated rings. The van der Waals surface area contributed by atoms with Gasteiger partial charge in [0, 0.05) is 26.2 Å². The molecule has 1 atom stereocenters. The lowest BCUT2D eigenvalue weighted by Crippen LogP contribution is -2.51. The van der Waals surface area contributed by atoms with Crippen molar-refractivity contribution < 1.29 is 9.53 Å². The van der Waals surface area contributed by atoms with Crippen LogP contribution in [-0.4, -0.2) is 54.5 Å². The molecule has 0 spiro atoms. The van der Waals surface area contributed by atoms with Crippen molar-refractivity contribution in [3.63, 3.8) is 0 Å². The SMILES string of the molecule is Cc1ccc(Cl)c(O[C@H](C)C(=O)N2CCN(CC#N)CC2)c1. The number of nitriles is 1. The molecule has 1 aromatic carbocycles. The minimum atomic E-state index is -0.582. The Balaban J connectivity index is 1.93. The van der Waals surface area contributed by atoms with E-state index < -0.39 is 6.10 Å². The lowest BCUT2D eigenvalue weighted by molar-refractivity contribution is -0.139. The molecule has 0 bridgehead atoms. The third-order valence-electron chi connectivity index (χ3n) is 3.72. The standard InChI is InChI=1S/C16H20ClN3O2/c1-12-3-4-14(17)15(11-12)22-13(2)16(21)20-9-7-19(6-5-18)8-10-20/h3-4,11,13H,6-10H2,1-2H3/t13-/m1/s1. The average Bonchev–Trinajstić information content (AvgIpc) is 2.51. The molecule has 0 aliphatic carbocycles. The van der Waals surface area contributed by atoms with Gasteiger partial charge >= 0.3 is 0 Å². The zero-order valence-corrected chi connectivity index (χ0v) is 13.6. The van der Waals surface area contributed by atoms with Crippen molar-refractivity contribution in [2.75, 3.05) is 32.7 Å². The van der Waals surface area contributed by atoms with E-state index in [0.29, 0.717) is 30.4 Å². The van der Waals surface area contributed by atoms with Crippen molar-refractivity contribution in [3.8, 4) is 11.8 Å². The highest BCUT2D eigenvalue weighted by molar-refractivity contribution is 6.32. The maximum Gasteiger partial charge on any atom is 0.263 e. The number of hydrogen-bond acceptors (Lipinski definition) is 4. The summed E-state index contributed by atoms with van der Waals surface area (Å²) in [6, 6.07) is 7.63. The normalized spacial score (nSPS) is 16.9. The van der Waals surface area contributed by atoms with E-state index in [1.165, 1.54) is 0 Å². The molecule has 6 heteroatoms. The van der Waals surface area contributed by atoms with Gasteiger partial charge in [-0.05, 0) is 31.5 Å². The molecule has 0 saturated carbocycles. The summed E-state index contributed by atoms with van der Waals surface area (Å²) >= 11 is 6.10. The Morgan fingerprint density at radius 3 is 2.73 bits per heavy atom. The van der Waals surface area contributed by atoms with Gasteiger partial charge in [0.1, 0.15) is 5.75 Å². The molecular formula is C16H20ClN3O2. The van der Waals surface area contributed by atoms with Gasteiger partial charge in [0.15, 0.2) is 6.10 Å². The molecule has 0 N–H and O–H groups in total. The maximum atomic E-state index is 12.4. The topological polar surface area (TPSA) is 56.6 Å². The first-order valence-corrected chi connectivity index (χ1v) is 7.70. The van der Waals surface area contributed by atoms with Gasteiger partial charge in [-0.2, -0.15) is 5.26 Å². The van der Waals surface area contributed by atoms with E-state index in [-0.39, 0.29) is 5.91 Å². The first kappa shape index (κ1) is 16.6. The monoisotopic (exact) mass is 321 g/mol. The molecule has 2 rings (SSSR count). The summed E-state index contributed by atoms with van der Waals surface area (Å²) in [5.41, 5.74) is 1.03. The number of carbonyl (C=O) groups excluding carboxylic acids is 1. The molecule has 0 radical (unpaired) electrons. The van der Waals surface area contributed by atoms with E-state index in [1.54, 1.807) is 17.9 Å². The fourth-order valence-electron chi connectivity index (χ4n) is 2.43. The van der Waals surface area contributed by atoms with Gasteiger partial charge in [-0.1, -0.05) is 17.7 Å². The highest BCUT2D eigenvalue weighted by Crippen LogP contribution is 2.26. The Hall–Kier alpha value is -1.77. The van der Waals surface area contributed by atoms with E-state index in [0.717, 1.165) is 18.7 Å². The average molecular weight is 322 g/mol. The number of carbonyl (C=O) groups is 1. The molecule has 1 aliphatic rings. The molecule has 1 aliphatic heterocycles. The third kappa shape index (κ3) is 4.12. The van der Waals surface area contributed by atoms with Crippen molar-refractivity contribution in [1.82, 2.24) is 9.80 Å². The summed E-state index contributed by atoms with van der Waals surface area (Å²) in [5.74, 6) is 0.486. The minimum Gasteiger partial charge on any atom is -0.479 e. The molecule has 1 saturated heterocycles. The molecule has 0 unspecified atom stereocenters. The van der Waals surface area contributed by atoms with E-state index in [4.69, 9.17) is 21.6 Å². The number of nitrogens with zero attached hydrogens (tertiary/aromatic N) is 3. The Labute approximate surface area is 136 Å². The summed E-state index contributed by atoms with van der Waals surface area (Å²) in [4.78, 5) is 16.3. The zero-order chi connectivity index (χ0) is 16.1. The predicted octanol–water partition coefficient (Wildman–Crippen LogP) is 2.08. The number of ether oxygens (including phenoxy) is 1. The zero-order valence-electron chi connectivity index (χ0n) is 12.9. The number of halogens is 1. The largest absolute Gasteiger partial charge is 0.479 e. The predicted molar refractivity (Wildman–Crippen MR) is 84.9 cm³/mol. The summed E-state index contributed by atoms with van der Waals surface area (Å²) in [5, 5.41) is 9.19. The fourth-order valence-corrected chi connectivity index (χ4v) is 2.59. The lowest BCUT2D eigenvalue weighted by Gasteiger charge is -2.34. The van der Waals surface area contributed by atoms with Crippen LogP contribution < -0.4 is 4.74 Å². The Bertz CT molecular complexity index is 577.